The Morgan fingerprint density at radius 1 is 1.19 bits per heavy atom. The minimum Gasteiger partial charge on any atom is -0.268 e. The molecule has 0 amide bonds. The van der Waals surface area contributed by atoms with E-state index in [1.807, 2.05) is 0 Å². The standard InChI is InChI=1S/C16H16BrFN2O/c17-13-9-10(5-7-14(13)18)6-8-15-11-3-1-2-4-12(11)16(21)20-19-15/h5,7,9H,1-4,6,8H2,(H,20,21). The highest BCUT2D eigenvalue weighted by Gasteiger charge is 2.17. The number of fused-ring (bicyclic) bond motifs is 1. The highest BCUT2D eigenvalue weighted by atomic mass is 79.9. The molecule has 0 atom stereocenters. The van der Waals surface area contributed by atoms with Gasteiger partial charge in [0, 0.05) is 5.56 Å². The third kappa shape index (κ3) is 3.07. The van der Waals surface area contributed by atoms with Crippen molar-refractivity contribution >= 4 is 15.9 Å². The van der Waals surface area contributed by atoms with Gasteiger partial charge >= 0.3 is 0 Å². The molecule has 2 aromatic rings. The van der Waals surface area contributed by atoms with Gasteiger partial charge in [-0.3, -0.25) is 4.79 Å². The lowest BCUT2D eigenvalue weighted by atomic mass is 9.90. The Kier molecular flexibility index (Phi) is 4.19. The number of hydrogen-bond acceptors (Lipinski definition) is 2. The first-order chi connectivity index (χ1) is 10.1. The van der Waals surface area contributed by atoms with E-state index in [2.05, 4.69) is 26.1 Å². The lowest BCUT2D eigenvalue weighted by Gasteiger charge is -2.17. The molecule has 3 rings (SSSR count). The maximum absolute atomic E-state index is 13.2. The first-order valence-corrected chi connectivity index (χ1v) is 7.97. The topological polar surface area (TPSA) is 45.8 Å². The fraction of sp³-hybridized carbons (Fsp3) is 0.375. The van der Waals surface area contributed by atoms with Gasteiger partial charge in [-0.25, -0.2) is 9.49 Å². The molecule has 1 aliphatic rings. The Balaban J connectivity index is 1.82. The van der Waals surface area contributed by atoms with Gasteiger partial charge in [-0.15, -0.1) is 0 Å². The monoisotopic (exact) mass is 350 g/mol. The summed E-state index contributed by atoms with van der Waals surface area (Å²) in [7, 11) is 0. The van der Waals surface area contributed by atoms with Crippen molar-refractivity contribution in [3.8, 4) is 0 Å². The van der Waals surface area contributed by atoms with Crippen LogP contribution in [0.3, 0.4) is 0 Å². The maximum atomic E-state index is 13.2. The molecule has 1 heterocycles. The summed E-state index contributed by atoms with van der Waals surface area (Å²) in [4.78, 5) is 11.8. The molecule has 110 valence electrons. The minimum atomic E-state index is -0.252. The van der Waals surface area contributed by atoms with Gasteiger partial charge in [-0.05, 0) is 77.7 Å². The van der Waals surface area contributed by atoms with Crippen LogP contribution in [-0.4, -0.2) is 10.2 Å². The fourth-order valence-corrected chi connectivity index (χ4v) is 3.32. The summed E-state index contributed by atoms with van der Waals surface area (Å²) in [6, 6.07) is 5.06. The van der Waals surface area contributed by atoms with Crippen molar-refractivity contribution in [2.45, 2.75) is 38.5 Å². The molecule has 0 unspecified atom stereocenters. The van der Waals surface area contributed by atoms with Crippen molar-refractivity contribution in [3.05, 3.63) is 61.2 Å². The van der Waals surface area contributed by atoms with Crippen LogP contribution in [0.25, 0.3) is 0 Å². The van der Waals surface area contributed by atoms with Gasteiger partial charge < -0.3 is 0 Å². The Morgan fingerprint density at radius 3 is 2.71 bits per heavy atom. The summed E-state index contributed by atoms with van der Waals surface area (Å²) in [5.74, 6) is -0.252. The first kappa shape index (κ1) is 14.4. The van der Waals surface area contributed by atoms with Gasteiger partial charge in [0.05, 0.1) is 10.2 Å². The molecular weight excluding hydrogens is 335 g/mol. The highest BCUT2D eigenvalue weighted by Crippen LogP contribution is 2.22. The zero-order valence-electron chi connectivity index (χ0n) is 11.6. The quantitative estimate of drug-likeness (QED) is 0.922. The van der Waals surface area contributed by atoms with Crippen LogP contribution in [0.15, 0.2) is 27.5 Å². The predicted molar refractivity (Wildman–Crippen MR) is 83.0 cm³/mol. The molecule has 3 nitrogen and oxygen atoms in total. The van der Waals surface area contributed by atoms with E-state index in [1.54, 1.807) is 12.1 Å². The Morgan fingerprint density at radius 2 is 1.95 bits per heavy atom. The summed E-state index contributed by atoms with van der Waals surface area (Å²) >= 11 is 3.20. The second-order valence-electron chi connectivity index (χ2n) is 5.41. The second kappa shape index (κ2) is 6.10. The van der Waals surface area contributed by atoms with E-state index in [0.29, 0.717) is 4.47 Å². The van der Waals surface area contributed by atoms with E-state index in [9.17, 15) is 9.18 Å². The zero-order valence-corrected chi connectivity index (χ0v) is 13.2. The van der Waals surface area contributed by atoms with Crippen molar-refractivity contribution in [1.82, 2.24) is 10.2 Å². The van der Waals surface area contributed by atoms with Crippen molar-refractivity contribution in [3.63, 3.8) is 0 Å². The van der Waals surface area contributed by atoms with Crippen LogP contribution in [-0.2, 0) is 25.7 Å². The SMILES string of the molecule is O=c1[nH]nc(CCc2ccc(F)c(Br)c2)c2c1CCCC2. The molecule has 5 heteroatoms. The number of benzene rings is 1. The number of nitrogens with zero attached hydrogens (tertiary/aromatic N) is 1. The normalized spacial score (nSPS) is 14.0. The highest BCUT2D eigenvalue weighted by molar-refractivity contribution is 9.10. The number of aromatic amines is 1. The molecular formula is C16H16BrFN2O. The lowest BCUT2D eigenvalue weighted by Crippen LogP contribution is -2.23. The van der Waals surface area contributed by atoms with Gasteiger partial charge in [-0.2, -0.15) is 5.10 Å². The average Bonchev–Trinajstić information content (AvgIpc) is 2.50. The van der Waals surface area contributed by atoms with Gasteiger partial charge in [0.25, 0.3) is 5.56 Å². The molecule has 0 saturated carbocycles. The third-order valence-electron chi connectivity index (χ3n) is 4.02. The molecule has 1 aliphatic carbocycles. The predicted octanol–water partition coefficient (Wildman–Crippen LogP) is 3.34. The van der Waals surface area contributed by atoms with Crippen LogP contribution in [0.1, 0.15) is 35.2 Å². The average molecular weight is 351 g/mol. The van der Waals surface area contributed by atoms with Crippen molar-refractivity contribution in [1.29, 1.82) is 0 Å². The number of H-pyrrole nitrogens is 1. The maximum Gasteiger partial charge on any atom is 0.267 e. The zero-order chi connectivity index (χ0) is 14.8. The molecule has 0 spiro atoms. The summed E-state index contributed by atoms with van der Waals surface area (Å²) in [6.45, 7) is 0. The van der Waals surface area contributed by atoms with E-state index in [1.165, 1.54) is 6.07 Å². The largest absolute Gasteiger partial charge is 0.268 e. The molecule has 0 radical (unpaired) electrons. The summed E-state index contributed by atoms with van der Waals surface area (Å²) in [5.41, 5.74) is 4.03. The van der Waals surface area contributed by atoms with Crippen molar-refractivity contribution in [2.75, 3.05) is 0 Å². The Hall–Kier alpha value is -1.49. The molecule has 0 saturated heterocycles. The first-order valence-electron chi connectivity index (χ1n) is 7.18. The van der Waals surface area contributed by atoms with Crippen LogP contribution in [0.5, 0.6) is 0 Å². The molecule has 1 aromatic heterocycles. The number of aromatic nitrogens is 2. The molecule has 0 fully saturated rings. The Labute approximate surface area is 130 Å². The number of hydrogen-bond donors (Lipinski definition) is 1. The number of rotatable bonds is 3. The van der Waals surface area contributed by atoms with Crippen LogP contribution < -0.4 is 5.56 Å². The van der Waals surface area contributed by atoms with Gasteiger partial charge in [0.15, 0.2) is 0 Å². The third-order valence-corrected chi connectivity index (χ3v) is 4.62. The summed E-state index contributed by atoms with van der Waals surface area (Å²) in [6.07, 6.45) is 5.52. The molecule has 21 heavy (non-hydrogen) atoms. The summed E-state index contributed by atoms with van der Waals surface area (Å²) < 4.78 is 13.7. The lowest BCUT2D eigenvalue weighted by molar-refractivity contribution is 0.619. The van der Waals surface area contributed by atoms with Gasteiger partial charge in [0.1, 0.15) is 5.82 Å². The summed E-state index contributed by atoms with van der Waals surface area (Å²) in [5, 5.41) is 6.83. The van der Waals surface area contributed by atoms with E-state index in [0.717, 1.165) is 60.9 Å². The molecule has 0 aliphatic heterocycles. The van der Waals surface area contributed by atoms with E-state index >= 15 is 0 Å². The molecule has 1 N–H and O–H groups in total. The second-order valence-corrected chi connectivity index (χ2v) is 6.27. The fourth-order valence-electron chi connectivity index (χ4n) is 2.89. The smallest absolute Gasteiger partial charge is 0.267 e. The van der Waals surface area contributed by atoms with Crippen molar-refractivity contribution in [2.24, 2.45) is 0 Å². The van der Waals surface area contributed by atoms with E-state index in [4.69, 9.17) is 0 Å². The minimum absolute atomic E-state index is 0.0435. The van der Waals surface area contributed by atoms with E-state index < -0.39 is 0 Å². The van der Waals surface area contributed by atoms with Crippen LogP contribution in [0.2, 0.25) is 0 Å². The number of aryl methyl sites for hydroxylation is 2. The van der Waals surface area contributed by atoms with Gasteiger partial charge in [0.2, 0.25) is 0 Å². The van der Waals surface area contributed by atoms with Gasteiger partial charge in [-0.1, -0.05) is 6.07 Å². The van der Waals surface area contributed by atoms with Crippen LogP contribution in [0.4, 0.5) is 4.39 Å². The number of nitrogens with one attached hydrogen (secondary N) is 1. The van der Waals surface area contributed by atoms with Crippen molar-refractivity contribution < 1.29 is 4.39 Å². The molecule has 0 bridgehead atoms. The van der Waals surface area contributed by atoms with Crippen LogP contribution in [0, 0.1) is 5.82 Å². The Bertz CT molecular complexity index is 727. The number of halogens is 2. The van der Waals surface area contributed by atoms with Crippen LogP contribution >= 0.6 is 15.9 Å². The van der Waals surface area contributed by atoms with E-state index in [-0.39, 0.29) is 11.4 Å². The molecule has 1 aromatic carbocycles.